The highest BCUT2D eigenvalue weighted by molar-refractivity contribution is 14.1. The van der Waals surface area contributed by atoms with Crippen LogP contribution in [0.15, 0.2) is 42.0 Å². The zero-order valence-electron chi connectivity index (χ0n) is 16.2. The van der Waals surface area contributed by atoms with Gasteiger partial charge in [-0.25, -0.2) is 9.59 Å². The summed E-state index contributed by atoms with van der Waals surface area (Å²) in [6.45, 7) is 2.35. The van der Waals surface area contributed by atoms with Crippen molar-refractivity contribution in [1.82, 2.24) is 10.6 Å². The molecule has 0 unspecified atom stereocenters. The number of aromatic carboxylic acids is 1. The Labute approximate surface area is 190 Å². The van der Waals surface area contributed by atoms with Crippen LogP contribution >= 0.6 is 22.6 Å². The molecule has 4 amide bonds. The minimum Gasteiger partial charge on any atom is -0.490 e. The Bertz CT molecular complexity index is 1070. The number of carboxylic acid groups (broad SMARTS) is 1. The first-order valence-corrected chi connectivity index (χ1v) is 10.2. The number of carbonyl (C=O) groups is 4. The summed E-state index contributed by atoms with van der Waals surface area (Å²) in [5.41, 5.74) is 1.27. The molecule has 0 saturated carbocycles. The maximum Gasteiger partial charge on any atom is 0.335 e. The number of hydrogen-bond donors (Lipinski definition) is 3. The van der Waals surface area contributed by atoms with Crippen LogP contribution < -0.4 is 20.1 Å². The first-order valence-electron chi connectivity index (χ1n) is 9.08. The predicted molar refractivity (Wildman–Crippen MR) is 118 cm³/mol. The molecule has 10 heteroatoms. The number of amides is 4. The number of halogens is 1. The summed E-state index contributed by atoms with van der Waals surface area (Å²) in [5.74, 6) is -1.69. The summed E-state index contributed by atoms with van der Waals surface area (Å²) in [7, 11) is 0. The molecule has 160 valence electrons. The molecule has 0 spiro atoms. The van der Waals surface area contributed by atoms with Crippen LogP contribution in [0, 0.1) is 3.57 Å². The van der Waals surface area contributed by atoms with Crippen molar-refractivity contribution in [3.63, 3.8) is 0 Å². The van der Waals surface area contributed by atoms with Crippen molar-refractivity contribution in [3.8, 4) is 11.5 Å². The molecule has 0 aromatic heterocycles. The fraction of sp³-hybridized carbons (Fsp3) is 0.143. The molecule has 2 aromatic carbocycles. The van der Waals surface area contributed by atoms with Crippen LogP contribution in [0.25, 0.3) is 6.08 Å². The highest BCUT2D eigenvalue weighted by atomic mass is 127. The van der Waals surface area contributed by atoms with E-state index >= 15 is 0 Å². The van der Waals surface area contributed by atoms with Crippen LogP contribution in [0.1, 0.15) is 28.4 Å². The van der Waals surface area contributed by atoms with Gasteiger partial charge in [0.2, 0.25) is 0 Å². The molecule has 0 atom stereocenters. The Balaban J connectivity index is 1.85. The Kier molecular flexibility index (Phi) is 6.90. The lowest BCUT2D eigenvalue weighted by Crippen LogP contribution is -2.51. The van der Waals surface area contributed by atoms with Gasteiger partial charge in [0.05, 0.1) is 15.7 Å². The lowest BCUT2D eigenvalue weighted by molar-refractivity contribution is -0.123. The van der Waals surface area contributed by atoms with E-state index in [1.807, 2.05) is 33.2 Å². The van der Waals surface area contributed by atoms with Crippen LogP contribution in [0.2, 0.25) is 0 Å². The van der Waals surface area contributed by atoms with E-state index in [-0.39, 0.29) is 17.7 Å². The van der Waals surface area contributed by atoms with Crippen LogP contribution in [0.3, 0.4) is 0 Å². The van der Waals surface area contributed by atoms with E-state index in [0.29, 0.717) is 27.2 Å². The molecular formula is C21H17IN2O7. The molecule has 3 N–H and O–H groups in total. The summed E-state index contributed by atoms with van der Waals surface area (Å²) in [6, 6.07) is 8.78. The summed E-state index contributed by atoms with van der Waals surface area (Å²) >= 11 is 2.05. The number of rotatable bonds is 7. The monoisotopic (exact) mass is 536 g/mol. The van der Waals surface area contributed by atoms with Gasteiger partial charge in [0.1, 0.15) is 12.2 Å². The van der Waals surface area contributed by atoms with Gasteiger partial charge >= 0.3 is 12.0 Å². The standard InChI is InChI=1S/C21H17IN2O7/c1-2-30-16-9-12(7-14-18(25)23-21(29)24-19(14)26)8-15(22)17(16)31-10-11-3-5-13(6-4-11)20(27)28/h3-9H,2,10H2,1H3,(H,27,28)(H2,23,24,25,26,29). The van der Waals surface area contributed by atoms with Crippen molar-refractivity contribution < 1.29 is 33.8 Å². The van der Waals surface area contributed by atoms with E-state index in [9.17, 15) is 19.2 Å². The minimum atomic E-state index is -1.00. The highest BCUT2D eigenvalue weighted by Gasteiger charge is 2.28. The van der Waals surface area contributed by atoms with Crippen LogP contribution in [-0.4, -0.2) is 35.5 Å². The van der Waals surface area contributed by atoms with Crippen LogP contribution in [-0.2, 0) is 16.2 Å². The summed E-state index contributed by atoms with van der Waals surface area (Å²) in [4.78, 5) is 46.1. The fourth-order valence-electron chi connectivity index (χ4n) is 2.75. The highest BCUT2D eigenvalue weighted by Crippen LogP contribution is 2.35. The quantitative estimate of drug-likeness (QED) is 0.282. The Morgan fingerprint density at radius 3 is 2.29 bits per heavy atom. The van der Waals surface area contributed by atoms with Gasteiger partial charge in [0.25, 0.3) is 11.8 Å². The van der Waals surface area contributed by atoms with Crippen LogP contribution in [0.4, 0.5) is 4.79 Å². The average molecular weight is 536 g/mol. The maximum absolute atomic E-state index is 12.0. The van der Waals surface area contributed by atoms with Crippen LogP contribution in [0.5, 0.6) is 11.5 Å². The second-order valence-corrected chi connectivity index (χ2v) is 7.51. The molecule has 1 saturated heterocycles. The van der Waals surface area contributed by atoms with E-state index < -0.39 is 23.8 Å². The largest absolute Gasteiger partial charge is 0.490 e. The minimum absolute atomic E-state index is 0.184. The molecule has 1 fully saturated rings. The lowest BCUT2D eigenvalue weighted by Gasteiger charge is -2.16. The van der Waals surface area contributed by atoms with E-state index in [0.717, 1.165) is 5.56 Å². The van der Waals surface area contributed by atoms with Gasteiger partial charge in [-0.15, -0.1) is 0 Å². The molecule has 3 rings (SSSR count). The van der Waals surface area contributed by atoms with Crippen molar-refractivity contribution >= 4 is 52.5 Å². The normalized spacial score (nSPS) is 13.4. The smallest absolute Gasteiger partial charge is 0.335 e. The van der Waals surface area contributed by atoms with Gasteiger partial charge in [-0.3, -0.25) is 20.2 Å². The van der Waals surface area contributed by atoms with E-state index in [1.54, 1.807) is 31.2 Å². The molecule has 9 nitrogen and oxygen atoms in total. The molecule has 31 heavy (non-hydrogen) atoms. The van der Waals surface area contributed by atoms with Crippen molar-refractivity contribution in [1.29, 1.82) is 0 Å². The van der Waals surface area contributed by atoms with Crippen molar-refractivity contribution in [2.24, 2.45) is 0 Å². The zero-order chi connectivity index (χ0) is 22.5. The average Bonchev–Trinajstić information content (AvgIpc) is 2.70. The van der Waals surface area contributed by atoms with Gasteiger partial charge in [0, 0.05) is 0 Å². The first-order chi connectivity index (χ1) is 14.8. The summed E-state index contributed by atoms with van der Waals surface area (Å²) in [5, 5.41) is 13.0. The van der Waals surface area contributed by atoms with Crippen molar-refractivity contribution in [2.45, 2.75) is 13.5 Å². The third-order valence-corrected chi connectivity index (χ3v) is 4.97. The molecule has 0 bridgehead atoms. The van der Waals surface area contributed by atoms with Crippen molar-refractivity contribution in [3.05, 3.63) is 62.2 Å². The predicted octanol–water partition coefficient (Wildman–Crippen LogP) is 2.72. The number of carbonyl (C=O) groups excluding carboxylic acids is 3. The number of imide groups is 2. The Morgan fingerprint density at radius 1 is 1.06 bits per heavy atom. The molecule has 2 aromatic rings. The second kappa shape index (κ2) is 9.60. The Hall–Kier alpha value is -3.41. The van der Waals surface area contributed by atoms with Crippen molar-refractivity contribution in [2.75, 3.05) is 6.61 Å². The van der Waals surface area contributed by atoms with Gasteiger partial charge in [-0.1, -0.05) is 12.1 Å². The zero-order valence-corrected chi connectivity index (χ0v) is 18.4. The molecule has 1 aliphatic rings. The second-order valence-electron chi connectivity index (χ2n) is 6.35. The third kappa shape index (κ3) is 5.40. The summed E-state index contributed by atoms with van der Waals surface area (Å²) < 4.78 is 12.2. The number of carboxylic acids is 1. The topological polar surface area (TPSA) is 131 Å². The number of urea groups is 1. The molecule has 0 radical (unpaired) electrons. The molecule has 0 aliphatic carbocycles. The maximum atomic E-state index is 12.0. The van der Waals surface area contributed by atoms with E-state index in [4.69, 9.17) is 14.6 Å². The molecule has 1 aliphatic heterocycles. The molecular weight excluding hydrogens is 519 g/mol. The van der Waals surface area contributed by atoms with Gasteiger partial charge < -0.3 is 14.6 Å². The summed E-state index contributed by atoms with van der Waals surface area (Å²) in [6.07, 6.45) is 1.36. The van der Waals surface area contributed by atoms with Gasteiger partial charge in [-0.05, 0) is 71.0 Å². The SMILES string of the molecule is CCOc1cc(C=C2C(=O)NC(=O)NC2=O)cc(I)c1OCc1ccc(C(=O)O)cc1. The number of ether oxygens (including phenoxy) is 2. The number of nitrogens with one attached hydrogen (secondary N) is 2. The fourth-order valence-corrected chi connectivity index (χ4v) is 3.53. The van der Waals surface area contributed by atoms with Gasteiger partial charge in [-0.2, -0.15) is 0 Å². The molecule has 1 heterocycles. The van der Waals surface area contributed by atoms with Gasteiger partial charge in [0.15, 0.2) is 11.5 Å². The first kappa shape index (κ1) is 22.3. The van der Waals surface area contributed by atoms with E-state index in [1.165, 1.54) is 18.2 Å². The van der Waals surface area contributed by atoms with E-state index in [2.05, 4.69) is 0 Å². The number of hydrogen-bond acceptors (Lipinski definition) is 6. The number of barbiturate groups is 1. The number of benzene rings is 2. The Morgan fingerprint density at radius 2 is 1.71 bits per heavy atom. The third-order valence-electron chi connectivity index (χ3n) is 4.17. The lowest BCUT2D eigenvalue weighted by atomic mass is 10.1.